The van der Waals surface area contributed by atoms with E-state index in [1.165, 1.54) is 24.5 Å². The summed E-state index contributed by atoms with van der Waals surface area (Å²) in [5.74, 6) is -5.90. The average Bonchev–Trinajstić information content (AvgIpc) is 2.16. The Bertz CT molecular complexity index is 316. The van der Waals surface area contributed by atoms with Gasteiger partial charge >= 0.3 is 11.9 Å². The summed E-state index contributed by atoms with van der Waals surface area (Å²) < 4.78 is 25.1. The van der Waals surface area contributed by atoms with E-state index in [4.69, 9.17) is 5.11 Å². The van der Waals surface area contributed by atoms with Gasteiger partial charge in [-0.2, -0.15) is 8.78 Å². The zero-order valence-electron chi connectivity index (χ0n) is 7.08. The number of halogens is 2. The number of carbonyl (C=O) groups is 1. The van der Waals surface area contributed by atoms with E-state index in [1.54, 1.807) is 0 Å². The fraction of sp³-hybridized carbons (Fsp3) is 0.250. The second kappa shape index (κ2) is 3.99. The minimum Gasteiger partial charge on any atom is -0.477 e. The number of carboxylic acids is 1. The summed E-state index contributed by atoms with van der Waals surface area (Å²) in [7, 11) is 0. The molecule has 1 rings (SSSR count). The van der Waals surface area contributed by atoms with Crippen molar-refractivity contribution in [3.8, 4) is 0 Å². The topological polar surface area (TPSA) is 62.2 Å². The normalized spacial score (nSPS) is 11.0. The Balaban J connectivity index is 2.53. The van der Waals surface area contributed by atoms with Crippen LogP contribution in [0.3, 0.4) is 0 Å². The third-order valence-corrected chi connectivity index (χ3v) is 1.51. The minimum absolute atomic E-state index is 0.404. The van der Waals surface area contributed by atoms with Crippen molar-refractivity contribution >= 4 is 11.7 Å². The van der Waals surface area contributed by atoms with E-state index in [0.717, 1.165) is 0 Å². The van der Waals surface area contributed by atoms with E-state index in [2.05, 4.69) is 10.3 Å². The van der Waals surface area contributed by atoms with Crippen molar-refractivity contribution in [2.45, 2.75) is 5.92 Å². The number of aromatic nitrogens is 1. The number of alkyl halides is 2. The van der Waals surface area contributed by atoms with E-state index >= 15 is 0 Å². The zero-order chi connectivity index (χ0) is 10.6. The van der Waals surface area contributed by atoms with E-state index < -0.39 is 18.4 Å². The summed E-state index contributed by atoms with van der Waals surface area (Å²) in [6.45, 7) is -0.938. The van der Waals surface area contributed by atoms with Crippen LogP contribution in [0.2, 0.25) is 0 Å². The second-order valence-corrected chi connectivity index (χ2v) is 2.60. The standard InChI is InChI=1S/C8H8F2N2O2/c9-8(10,7(13)14)5-12-6-1-3-11-4-2-6/h1-4H,5H2,(H,11,12)(H,13,14). The van der Waals surface area contributed by atoms with Gasteiger partial charge in [-0.05, 0) is 12.1 Å². The Morgan fingerprint density at radius 3 is 2.57 bits per heavy atom. The average molecular weight is 202 g/mol. The lowest BCUT2D eigenvalue weighted by Crippen LogP contribution is -2.36. The molecule has 1 aromatic rings. The molecule has 1 heterocycles. The third-order valence-electron chi connectivity index (χ3n) is 1.51. The second-order valence-electron chi connectivity index (χ2n) is 2.60. The van der Waals surface area contributed by atoms with Gasteiger partial charge in [0.1, 0.15) is 0 Å². The molecule has 0 atom stereocenters. The molecule has 1 aromatic heterocycles. The number of nitrogens with one attached hydrogen (secondary N) is 1. The molecule has 6 heteroatoms. The van der Waals surface area contributed by atoms with Crippen LogP contribution in [0.1, 0.15) is 0 Å². The molecule has 4 nitrogen and oxygen atoms in total. The summed E-state index contributed by atoms with van der Waals surface area (Å²) in [5.41, 5.74) is 0.404. The van der Waals surface area contributed by atoms with Crippen molar-refractivity contribution in [2.24, 2.45) is 0 Å². The number of rotatable bonds is 4. The summed E-state index contributed by atoms with van der Waals surface area (Å²) in [4.78, 5) is 13.7. The van der Waals surface area contributed by atoms with E-state index in [-0.39, 0.29) is 0 Å². The van der Waals surface area contributed by atoms with Crippen LogP contribution < -0.4 is 5.32 Å². The first-order chi connectivity index (χ1) is 6.52. The smallest absolute Gasteiger partial charge is 0.376 e. The molecule has 0 radical (unpaired) electrons. The molecule has 14 heavy (non-hydrogen) atoms. The molecule has 0 bridgehead atoms. The van der Waals surface area contributed by atoms with Gasteiger partial charge in [0.2, 0.25) is 0 Å². The predicted octanol–water partition coefficient (Wildman–Crippen LogP) is 1.21. The van der Waals surface area contributed by atoms with Crippen LogP contribution in [0.5, 0.6) is 0 Å². The lowest BCUT2D eigenvalue weighted by molar-refractivity contribution is -0.162. The Hall–Kier alpha value is -1.72. The maximum absolute atomic E-state index is 12.6. The van der Waals surface area contributed by atoms with Gasteiger partial charge in [-0.3, -0.25) is 4.98 Å². The van der Waals surface area contributed by atoms with Crippen LogP contribution in [-0.2, 0) is 4.79 Å². The summed E-state index contributed by atoms with van der Waals surface area (Å²) in [6.07, 6.45) is 2.84. The Morgan fingerprint density at radius 2 is 2.07 bits per heavy atom. The molecule has 0 amide bonds. The van der Waals surface area contributed by atoms with Crippen molar-refractivity contribution in [3.05, 3.63) is 24.5 Å². The van der Waals surface area contributed by atoms with Crippen LogP contribution in [-0.4, -0.2) is 28.5 Å². The maximum atomic E-state index is 12.6. The summed E-state index contributed by atoms with van der Waals surface area (Å²) in [5, 5.41) is 10.4. The summed E-state index contributed by atoms with van der Waals surface area (Å²) in [6, 6.07) is 2.94. The SMILES string of the molecule is O=C(O)C(F)(F)CNc1ccncc1. The molecule has 0 aliphatic carbocycles. The highest BCUT2D eigenvalue weighted by molar-refractivity contribution is 5.76. The van der Waals surface area contributed by atoms with Gasteiger partial charge in [0.25, 0.3) is 0 Å². The first-order valence-corrected chi connectivity index (χ1v) is 3.77. The predicted molar refractivity (Wildman–Crippen MR) is 45.3 cm³/mol. The third kappa shape index (κ3) is 2.65. The fourth-order valence-corrected chi connectivity index (χ4v) is 0.758. The molecule has 0 unspecified atom stereocenters. The highest BCUT2D eigenvalue weighted by Crippen LogP contribution is 2.14. The number of nitrogens with zero attached hydrogens (tertiary/aromatic N) is 1. The molecule has 0 aliphatic rings. The molecule has 0 aliphatic heterocycles. The minimum atomic E-state index is -3.76. The van der Waals surface area contributed by atoms with Crippen LogP contribution in [0.4, 0.5) is 14.5 Å². The molecule has 0 aromatic carbocycles. The monoisotopic (exact) mass is 202 g/mol. The Morgan fingerprint density at radius 1 is 1.50 bits per heavy atom. The lowest BCUT2D eigenvalue weighted by atomic mass is 10.3. The molecule has 0 spiro atoms. The number of hydrogen-bond donors (Lipinski definition) is 2. The van der Waals surface area contributed by atoms with Gasteiger partial charge < -0.3 is 10.4 Å². The van der Waals surface area contributed by atoms with Crippen molar-refractivity contribution in [2.75, 3.05) is 11.9 Å². The molecule has 2 N–H and O–H groups in total. The zero-order valence-corrected chi connectivity index (χ0v) is 7.08. The highest BCUT2D eigenvalue weighted by Gasteiger charge is 2.38. The number of pyridine rings is 1. The number of carboxylic acid groups (broad SMARTS) is 1. The van der Waals surface area contributed by atoms with Crippen molar-refractivity contribution in [3.63, 3.8) is 0 Å². The largest absolute Gasteiger partial charge is 0.477 e. The highest BCUT2D eigenvalue weighted by atomic mass is 19.3. The van der Waals surface area contributed by atoms with Gasteiger partial charge in [-0.1, -0.05) is 0 Å². The van der Waals surface area contributed by atoms with Crippen LogP contribution >= 0.6 is 0 Å². The van der Waals surface area contributed by atoms with Gasteiger partial charge in [0, 0.05) is 18.1 Å². The van der Waals surface area contributed by atoms with Crippen molar-refractivity contribution < 1.29 is 18.7 Å². The fourth-order valence-electron chi connectivity index (χ4n) is 0.758. The number of hydrogen-bond acceptors (Lipinski definition) is 3. The Kier molecular flexibility index (Phi) is 2.95. The van der Waals surface area contributed by atoms with Gasteiger partial charge in [-0.25, -0.2) is 4.79 Å². The van der Waals surface area contributed by atoms with E-state index in [0.29, 0.717) is 5.69 Å². The summed E-state index contributed by atoms with van der Waals surface area (Å²) >= 11 is 0. The van der Waals surface area contributed by atoms with Crippen molar-refractivity contribution in [1.29, 1.82) is 0 Å². The molecular weight excluding hydrogens is 194 g/mol. The molecule has 76 valence electrons. The van der Waals surface area contributed by atoms with Crippen LogP contribution in [0.15, 0.2) is 24.5 Å². The molecule has 0 saturated carbocycles. The van der Waals surface area contributed by atoms with Crippen LogP contribution in [0, 0.1) is 0 Å². The first kappa shape index (κ1) is 10.4. The first-order valence-electron chi connectivity index (χ1n) is 3.77. The Labute approximate surface area is 78.6 Å². The molecule has 0 saturated heterocycles. The molecule has 0 fully saturated rings. The number of anilines is 1. The maximum Gasteiger partial charge on any atom is 0.376 e. The van der Waals surface area contributed by atoms with E-state index in [9.17, 15) is 13.6 Å². The van der Waals surface area contributed by atoms with Gasteiger partial charge in [0.15, 0.2) is 0 Å². The number of aliphatic carboxylic acids is 1. The van der Waals surface area contributed by atoms with Crippen molar-refractivity contribution in [1.82, 2.24) is 4.98 Å². The lowest BCUT2D eigenvalue weighted by Gasteiger charge is -2.12. The molecular formula is C8H8F2N2O2. The van der Waals surface area contributed by atoms with Gasteiger partial charge in [-0.15, -0.1) is 0 Å². The quantitative estimate of drug-likeness (QED) is 0.770. The van der Waals surface area contributed by atoms with Gasteiger partial charge in [0.05, 0.1) is 6.54 Å². The van der Waals surface area contributed by atoms with Crippen LogP contribution in [0.25, 0.3) is 0 Å². The van der Waals surface area contributed by atoms with E-state index in [1.807, 2.05) is 0 Å².